The molecule has 0 saturated heterocycles. The van der Waals surface area contributed by atoms with E-state index >= 15 is 0 Å². The number of hydrogen-bond donors (Lipinski definition) is 4. The van der Waals surface area contributed by atoms with E-state index < -0.39 is 6.30 Å². The minimum Gasteiger partial charge on any atom is -0.398 e. The first-order valence-electron chi connectivity index (χ1n) is 10.1. The van der Waals surface area contributed by atoms with E-state index in [-0.39, 0.29) is 18.7 Å². The lowest BCUT2D eigenvalue weighted by Gasteiger charge is -2.18. The van der Waals surface area contributed by atoms with E-state index in [0.29, 0.717) is 39.7 Å². The van der Waals surface area contributed by atoms with Gasteiger partial charge >= 0.3 is 6.30 Å². The number of nitrogen functional groups attached to an aromatic ring is 1. The number of anilines is 2. The second-order valence-corrected chi connectivity index (χ2v) is 7.25. The highest BCUT2D eigenvalue weighted by molar-refractivity contribution is 6.15. The fourth-order valence-electron chi connectivity index (χ4n) is 2.99. The zero-order chi connectivity index (χ0) is 23.9. The zero-order valence-corrected chi connectivity index (χ0v) is 18.3. The quantitative estimate of drug-likeness (QED) is 0.170. The minimum absolute atomic E-state index is 0.143. The third-order valence-corrected chi connectivity index (χ3v) is 4.98. The molecule has 5 N–H and O–H groups in total. The average Bonchev–Trinajstić information content (AvgIpc) is 3.22. The summed E-state index contributed by atoms with van der Waals surface area (Å²) in [7, 11) is 0. The van der Waals surface area contributed by atoms with Gasteiger partial charge in [0.05, 0.1) is 5.71 Å². The van der Waals surface area contributed by atoms with Crippen LogP contribution in [0, 0.1) is 5.41 Å². The highest BCUT2D eigenvalue weighted by atomic mass is 19.4. The van der Waals surface area contributed by atoms with Crippen LogP contribution in [0.2, 0.25) is 0 Å². The van der Waals surface area contributed by atoms with Crippen LogP contribution in [-0.2, 0) is 6.54 Å². The first kappa shape index (κ1) is 24.8. The summed E-state index contributed by atoms with van der Waals surface area (Å²) in [5.41, 5.74) is 10.3. The topological polar surface area (TPSA) is 89.5 Å². The minimum atomic E-state index is -4.42. The van der Waals surface area contributed by atoms with Gasteiger partial charge in [-0.2, -0.15) is 13.2 Å². The van der Waals surface area contributed by atoms with Gasteiger partial charge in [-0.3, -0.25) is 15.3 Å². The van der Waals surface area contributed by atoms with Gasteiger partial charge in [0.15, 0.2) is 0 Å². The largest absolute Gasteiger partial charge is 0.484 e. The van der Waals surface area contributed by atoms with Crippen molar-refractivity contribution in [3.63, 3.8) is 0 Å². The van der Waals surface area contributed by atoms with Crippen molar-refractivity contribution in [3.05, 3.63) is 72.4 Å². The Balaban J connectivity index is 2.41. The second-order valence-electron chi connectivity index (χ2n) is 7.25. The molecule has 0 atom stereocenters. The van der Waals surface area contributed by atoms with Gasteiger partial charge in [-0.05, 0) is 37.2 Å². The zero-order valence-electron chi connectivity index (χ0n) is 18.3. The number of hydrogen-bond acceptors (Lipinski definition) is 6. The van der Waals surface area contributed by atoms with Crippen LogP contribution < -0.4 is 16.4 Å². The summed E-state index contributed by atoms with van der Waals surface area (Å²) in [5.74, 6) is 0. The molecule has 9 heteroatoms. The fraction of sp³-hybridized carbons (Fsp3) is 0.304. The van der Waals surface area contributed by atoms with Crippen LogP contribution in [0.15, 0.2) is 66.2 Å². The lowest BCUT2D eigenvalue weighted by Crippen LogP contribution is -2.31. The Morgan fingerprint density at radius 1 is 1.34 bits per heavy atom. The predicted molar refractivity (Wildman–Crippen MR) is 125 cm³/mol. The van der Waals surface area contributed by atoms with Gasteiger partial charge in [0.1, 0.15) is 0 Å². The number of benzene rings is 1. The number of halogens is 3. The molecule has 0 spiro atoms. The highest BCUT2D eigenvalue weighted by Gasteiger charge is 2.37. The number of nitrogens with zero attached hydrogens (tertiary/aromatic N) is 2. The molecule has 32 heavy (non-hydrogen) atoms. The Hall–Kier alpha value is -3.49. The molecule has 0 aliphatic carbocycles. The summed E-state index contributed by atoms with van der Waals surface area (Å²) in [4.78, 5) is 4.67. The van der Waals surface area contributed by atoms with Crippen molar-refractivity contribution in [3.8, 4) is 0 Å². The molecule has 0 amide bonds. The molecule has 0 aromatic heterocycles. The summed E-state index contributed by atoms with van der Waals surface area (Å²) < 4.78 is 38.8. The molecule has 1 aliphatic rings. The Labute approximate surface area is 186 Å². The van der Waals surface area contributed by atoms with Crippen molar-refractivity contribution < 1.29 is 13.2 Å². The van der Waals surface area contributed by atoms with Crippen LogP contribution in [0.5, 0.6) is 0 Å². The van der Waals surface area contributed by atoms with Gasteiger partial charge in [-0.1, -0.05) is 26.2 Å². The molecule has 6 nitrogen and oxygen atoms in total. The maximum atomic E-state index is 12.9. The molecular formula is C23H29F3N6. The third kappa shape index (κ3) is 6.26. The van der Waals surface area contributed by atoms with Crippen molar-refractivity contribution >= 4 is 22.8 Å². The summed E-state index contributed by atoms with van der Waals surface area (Å²) in [6.45, 7) is 11.5. The van der Waals surface area contributed by atoms with E-state index in [1.807, 2.05) is 13.8 Å². The van der Waals surface area contributed by atoms with Crippen LogP contribution in [0.1, 0.15) is 37.8 Å². The van der Waals surface area contributed by atoms with Gasteiger partial charge in [0.2, 0.25) is 0 Å². The summed E-state index contributed by atoms with van der Waals surface area (Å²) in [6, 6.07) is 3.36. The van der Waals surface area contributed by atoms with Gasteiger partial charge in [-0.15, -0.1) is 0 Å². The van der Waals surface area contributed by atoms with Crippen LogP contribution >= 0.6 is 0 Å². The predicted octanol–water partition coefficient (Wildman–Crippen LogP) is 5.29. The SMILES string of the molecule is C=CNCc1cc(C(=N)/C(C=C)=C/N=C(C)CC)c(N)cc1NC1=CN(C(F)(F)F)CC1. The Morgan fingerprint density at radius 2 is 2.06 bits per heavy atom. The molecular weight excluding hydrogens is 417 g/mol. The van der Waals surface area contributed by atoms with Crippen molar-refractivity contribution in [2.45, 2.75) is 39.5 Å². The second kappa shape index (κ2) is 10.7. The Kier molecular flexibility index (Phi) is 8.28. The van der Waals surface area contributed by atoms with Crippen LogP contribution in [0.4, 0.5) is 24.5 Å². The van der Waals surface area contributed by atoms with E-state index in [0.717, 1.165) is 23.9 Å². The van der Waals surface area contributed by atoms with E-state index in [1.165, 1.54) is 12.3 Å². The van der Waals surface area contributed by atoms with E-state index in [4.69, 9.17) is 11.1 Å². The molecule has 0 fully saturated rings. The van der Waals surface area contributed by atoms with Crippen LogP contribution in [-0.4, -0.2) is 29.2 Å². The van der Waals surface area contributed by atoms with Crippen molar-refractivity contribution in [1.29, 1.82) is 5.41 Å². The molecule has 0 bridgehead atoms. The molecule has 1 aromatic carbocycles. The average molecular weight is 447 g/mol. The summed E-state index contributed by atoms with van der Waals surface area (Å²) in [5, 5.41) is 14.6. The van der Waals surface area contributed by atoms with E-state index in [9.17, 15) is 13.2 Å². The Bertz CT molecular complexity index is 973. The van der Waals surface area contributed by atoms with Crippen molar-refractivity contribution in [2.75, 3.05) is 17.6 Å². The first-order chi connectivity index (χ1) is 15.1. The lowest BCUT2D eigenvalue weighted by atomic mass is 9.97. The monoisotopic (exact) mass is 446 g/mol. The maximum absolute atomic E-state index is 12.9. The van der Waals surface area contributed by atoms with Gasteiger partial charge < -0.3 is 16.4 Å². The summed E-state index contributed by atoms with van der Waals surface area (Å²) in [6.07, 6.45) is 2.29. The smallest absolute Gasteiger partial charge is 0.398 e. The first-order valence-corrected chi connectivity index (χ1v) is 10.1. The van der Waals surface area contributed by atoms with Crippen LogP contribution in [0.3, 0.4) is 0 Å². The summed E-state index contributed by atoms with van der Waals surface area (Å²) >= 11 is 0. The fourth-order valence-corrected chi connectivity index (χ4v) is 2.99. The van der Waals surface area contributed by atoms with Crippen LogP contribution in [0.25, 0.3) is 0 Å². The highest BCUT2D eigenvalue weighted by Crippen LogP contribution is 2.31. The molecule has 0 saturated carbocycles. The molecule has 172 valence electrons. The van der Waals surface area contributed by atoms with Gasteiger partial charge in [-0.25, -0.2) is 0 Å². The van der Waals surface area contributed by atoms with E-state index in [1.54, 1.807) is 18.3 Å². The molecule has 2 rings (SSSR count). The lowest BCUT2D eigenvalue weighted by molar-refractivity contribution is -0.224. The number of aliphatic imine (C=N–C) groups is 1. The number of nitrogens with two attached hydrogens (primary N) is 1. The molecule has 0 unspecified atom stereocenters. The third-order valence-electron chi connectivity index (χ3n) is 4.98. The van der Waals surface area contributed by atoms with Crippen molar-refractivity contribution in [2.24, 2.45) is 4.99 Å². The molecule has 1 aliphatic heterocycles. The number of rotatable bonds is 10. The van der Waals surface area contributed by atoms with Gasteiger partial charge in [0, 0.05) is 65.8 Å². The Morgan fingerprint density at radius 3 is 2.62 bits per heavy atom. The standard InChI is InChI=1S/C23H29F3N6/c1-5-15(4)30-13-16(6-2)22(28)19-10-17(12-29-7-3)21(11-20(19)27)31-18-8-9-32(14-18)23(24,25)26/h6-7,10-11,13-14,28-29,31H,2-3,5,8-9,12,27H2,1,4H3/b16-13+,28-22?,30-15?. The maximum Gasteiger partial charge on any atom is 0.484 e. The normalized spacial score (nSPS) is 14.8. The van der Waals surface area contributed by atoms with E-state index in [2.05, 4.69) is 28.8 Å². The van der Waals surface area contributed by atoms with Crippen molar-refractivity contribution in [1.82, 2.24) is 10.2 Å². The number of alkyl halides is 3. The molecule has 0 radical (unpaired) electrons. The molecule has 1 heterocycles. The van der Waals surface area contributed by atoms with Gasteiger partial charge in [0.25, 0.3) is 0 Å². The number of nitrogens with one attached hydrogen (secondary N) is 3. The molecule has 1 aromatic rings. The number of allylic oxidation sites excluding steroid dienone is 2.